The molecular formula is C18H18ClFN4O. The lowest BCUT2D eigenvalue weighted by Gasteiger charge is -2.41. The Kier molecular flexibility index (Phi) is 3.89. The normalized spacial score (nSPS) is 21.0. The third-order valence-corrected chi connectivity index (χ3v) is 5.04. The molecule has 0 amide bonds. The Morgan fingerprint density at radius 2 is 2.16 bits per heavy atom. The second kappa shape index (κ2) is 5.97. The number of benzene rings is 1. The molecule has 3 heterocycles. The van der Waals surface area contributed by atoms with E-state index in [1.165, 1.54) is 6.20 Å². The van der Waals surface area contributed by atoms with Gasteiger partial charge in [-0.25, -0.2) is 4.39 Å². The number of nitrogens with zero attached hydrogens (tertiary/aromatic N) is 4. The van der Waals surface area contributed by atoms with Gasteiger partial charge >= 0.3 is 0 Å². The first-order valence-electron chi connectivity index (χ1n) is 8.09. The Labute approximate surface area is 150 Å². The molecule has 0 aliphatic carbocycles. The van der Waals surface area contributed by atoms with Gasteiger partial charge in [0.1, 0.15) is 11.1 Å². The van der Waals surface area contributed by atoms with Gasteiger partial charge in [-0.05, 0) is 25.1 Å². The van der Waals surface area contributed by atoms with Crippen LogP contribution in [0.2, 0.25) is 5.02 Å². The van der Waals surface area contributed by atoms with Crippen LogP contribution in [0.1, 0.15) is 12.5 Å². The molecule has 2 aromatic heterocycles. The quantitative estimate of drug-likeness (QED) is 0.701. The summed E-state index contributed by atoms with van der Waals surface area (Å²) in [5.41, 5.74) is 1.23. The largest absolute Gasteiger partial charge is 0.367 e. The number of morpholine rings is 1. The van der Waals surface area contributed by atoms with Crippen molar-refractivity contribution in [2.75, 3.05) is 24.6 Å². The number of anilines is 1. The molecule has 1 atom stereocenters. The highest BCUT2D eigenvalue weighted by Crippen LogP contribution is 2.35. The molecule has 7 heteroatoms. The fourth-order valence-electron chi connectivity index (χ4n) is 3.33. The van der Waals surface area contributed by atoms with Crippen LogP contribution in [-0.2, 0) is 17.4 Å². The maximum absolute atomic E-state index is 15.1. The number of ether oxygens (including phenoxy) is 1. The fraction of sp³-hybridized carbons (Fsp3) is 0.333. The smallest absolute Gasteiger partial charge is 0.172 e. The summed E-state index contributed by atoms with van der Waals surface area (Å²) < 4.78 is 22.8. The van der Waals surface area contributed by atoms with E-state index in [1.807, 2.05) is 31.1 Å². The number of fused-ring (bicyclic) bond motifs is 1. The lowest BCUT2D eigenvalue weighted by atomic mass is 9.96. The van der Waals surface area contributed by atoms with Crippen molar-refractivity contribution in [3.8, 4) is 0 Å². The zero-order valence-corrected chi connectivity index (χ0v) is 14.8. The standard InChI is InChI=1S/C18H18ClFN4O/c1-18(12-9-22-23(2)10-12)11-24(7-8-25-18)15-4-3-13-14(19)5-6-21-17(13)16(15)20/h3-6,9-10H,7-8,11H2,1-2H3. The maximum Gasteiger partial charge on any atom is 0.172 e. The minimum atomic E-state index is -0.546. The van der Waals surface area contributed by atoms with E-state index in [4.69, 9.17) is 16.3 Å². The van der Waals surface area contributed by atoms with Gasteiger partial charge in [0.15, 0.2) is 5.82 Å². The van der Waals surface area contributed by atoms with Crippen LogP contribution in [0.4, 0.5) is 10.1 Å². The zero-order chi connectivity index (χ0) is 17.6. The van der Waals surface area contributed by atoms with Gasteiger partial charge in [-0.15, -0.1) is 0 Å². The molecule has 25 heavy (non-hydrogen) atoms. The molecule has 0 spiro atoms. The molecule has 1 saturated heterocycles. The van der Waals surface area contributed by atoms with E-state index < -0.39 is 5.60 Å². The fourth-order valence-corrected chi connectivity index (χ4v) is 3.54. The number of aromatic nitrogens is 3. The van der Waals surface area contributed by atoms with Crippen molar-refractivity contribution in [3.05, 3.63) is 53.2 Å². The summed E-state index contributed by atoms with van der Waals surface area (Å²) in [6.07, 6.45) is 5.25. The van der Waals surface area contributed by atoms with E-state index >= 15 is 4.39 Å². The summed E-state index contributed by atoms with van der Waals surface area (Å²) in [7, 11) is 1.87. The summed E-state index contributed by atoms with van der Waals surface area (Å²) >= 11 is 6.15. The second-order valence-electron chi connectivity index (χ2n) is 6.49. The molecule has 1 aliphatic rings. The van der Waals surface area contributed by atoms with E-state index in [0.717, 1.165) is 5.56 Å². The zero-order valence-electron chi connectivity index (χ0n) is 14.0. The number of hydrogen-bond donors (Lipinski definition) is 0. The first-order chi connectivity index (χ1) is 12.0. The van der Waals surface area contributed by atoms with Crippen LogP contribution in [0.15, 0.2) is 36.8 Å². The molecule has 0 saturated carbocycles. The summed E-state index contributed by atoms with van der Waals surface area (Å²) in [5, 5.41) is 5.34. The molecule has 4 rings (SSSR count). The van der Waals surface area contributed by atoms with Crippen LogP contribution in [-0.4, -0.2) is 34.5 Å². The minimum Gasteiger partial charge on any atom is -0.367 e. The van der Waals surface area contributed by atoms with Crippen molar-refractivity contribution in [1.82, 2.24) is 14.8 Å². The summed E-state index contributed by atoms with van der Waals surface area (Å²) in [6.45, 7) is 3.65. The van der Waals surface area contributed by atoms with Gasteiger partial charge in [-0.3, -0.25) is 9.67 Å². The van der Waals surface area contributed by atoms with Crippen LogP contribution in [0.25, 0.3) is 10.9 Å². The van der Waals surface area contributed by atoms with Gasteiger partial charge in [0.25, 0.3) is 0 Å². The van der Waals surface area contributed by atoms with Crippen LogP contribution in [0.5, 0.6) is 0 Å². The van der Waals surface area contributed by atoms with Crippen LogP contribution in [0.3, 0.4) is 0 Å². The van der Waals surface area contributed by atoms with Gasteiger partial charge in [-0.2, -0.15) is 5.10 Å². The molecule has 130 valence electrons. The van der Waals surface area contributed by atoms with Crippen molar-refractivity contribution in [2.24, 2.45) is 7.05 Å². The van der Waals surface area contributed by atoms with Crippen LogP contribution in [0, 0.1) is 5.82 Å². The third kappa shape index (κ3) is 2.75. The third-order valence-electron chi connectivity index (χ3n) is 4.71. The molecule has 1 aliphatic heterocycles. The first kappa shape index (κ1) is 16.3. The minimum absolute atomic E-state index is 0.291. The number of pyridine rings is 1. The van der Waals surface area contributed by atoms with Gasteiger partial charge in [0, 0.05) is 36.9 Å². The van der Waals surface area contributed by atoms with Gasteiger partial charge in [0.05, 0.1) is 30.1 Å². The summed E-state index contributed by atoms with van der Waals surface area (Å²) in [6, 6.07) is 5.25. The lowest BCUT2D eigenvalue weighted by Crippen LogP contribution is -2.48. The second-order valence-corrected chi connectivity index (χ2v) is 6.90. The Morgan fingerprint density at radius 1 is 1.32 bits per heavy atom. The van der Waals surface area contributed by atoms with Crippen molar-refractivity contribution in [1.29, 1.82) is 0 Å². The van der Waals surface area contributed by atoms with E-state index in [-0.39, 0.29) is 5.82 Å². The van der Waals surface area contributed by atoms with Crippen molar-refractivity contribution in [2.45, 2.75) is 12.5 Å². The van der Waals surface area contributed by atoms with Gasteiger partial charge in [-0.1, -0.05) is 11.6 Å². The van der Waals surface area contributed by atoms with E-state index in [0.29, 0.717) is 41.3 Å². The molecule has 1 aromatic carbocycles. The summed E-state index contributed by atoms with van der Waals surface area (Å²) in [5.74, 6) is -0.351. The van der Waals surface area contributed by atoms with E-state index in [9.17, 15) is 0 Å². The maximum atomic E-state index is 15.1. The molecular weight excluding hydrogens is 343 g/mol. The molecule has 3 aromatic rings. The molecule has 1 fully saturated rings. The average Bonchev–Trinajstić information content (AvgIpc) is 3.03. The SMILES string of the molecule is Cn1cc(C2(C)CN(c3ccc4c(Cl)ccnc4c3F)CCO2)cn1. The molecule has 0 radical (unpaired) electrons. The Morgan fingerprint density at radius 3 is 2.92 bits per heavy atom. The first-order valence-corrected chi connectivity index (χ1v) is 8.46. The number of hydrogen-bond acceptors (Lipinski definition) is 4. The molecule has 5 nitrogen and oxygen atoms in total. The predicted octanol–water partition coefficient (Wildman–Crippen LogP) is 3.51. The number of aryl methyl sites for hydroxylation is 1. The highest BCUT2D eigenvalue weighted by Gasteiger charge is 2.36. The predicted molar refractivity (Wildman–Crippen MR) is 95.4 cm³/mol. The van der Waals surface area contributed by atoms with Crippen LogP contribution >= 0.6 is 11.6 Å². The van der Waals surface area contributed by atoms with E-state index in [1.54, 1.807) is 23.0 Å². The van der Waals surface area contributed by atoms with Gasteiger partial charge in [0.2, 0.25) is 0 Å². The van der Waals surface area contributed by atoms with Crippen molar-refractivity contribution >= 4 is 28.2 Å². The van der Waals surface area contributed by atoms with Crippen LogP contribution < -0.4 is 4.90 Å². The molecule has 0 N–H and O–H groups in total. The van der Waals surface area contributed by atoms with E-state index in [2.05, 4.69) is 10.1 Å². The average molecular weight is 361 g/mol. The Bertz CT molecular complexity index is 944. The topological polar surface area (TPSA) is 43.2 Å². The number of rotatable bonds is 2. The highest BCUT2D eigenvalue weighted by molar-refractivity contribution is 6.35. The monoisotopic (exact) mass is 360 g/mol. The van der Waals surface area contributed by atoms with Gasteiger partial charge < -0.3 is 9.64 Å². The van der Waals surface area contributed by atoms with Crippen molar-refractivity contribution in [3.63, 3.8) is 0 Å². The Hall–Kier alpha value is -2.18. The highest BCUT2D eigenvalue weighted by atomic mass is 35.5. The van der Waals surface area contributed by atoms with Crippen molar-refractivity contribution < 1.29 is 9.13 Å². The lowest BCUT2D eigenvalue weighted by molar-refractivity contribution is -0.0467. The molecule has 1 unspecified atom stereocenters. The Balaban J connectivity index is 1.72. The number of halogens is 2. The summed E-state index contributed by atoms with van der Waals surface area (Å²) in [4.78, 5) is 6.16. The molecule has 0 bridgehead atoms.